The quantitative estimate of drug-likeness (QED) is 0.477. The van der Waals surface area contributed by atoms with Crippen LogP contribution in [0.1, 0.15) is 5.56 Å². The lowest BCUT2D eigenvalue weighted by Gasteiger charge is -2.05. The SMILES string of the molecule is O=c1c(I)cncn1Cc1ccc([N+](=O)[O-])cc1. The van der Waals surface area contributed by atoms with Crippen molar-refractivity contribution in [1.82, 2.24) is 9.55 Å². The average molecular weight is 357 g/mol. The first-order valence-electron chi connectivity index (χ1n) is 5.01. The smallest absolute Gasteiger partial charge is 0.269 e. The topological polar surface area (TPSA) is 78.0 Å². The summed E-state index contributed by atoms with van der Waals surface area (Å²) in [6.45, 7) is 0.348. The summed E-state index contributed by atoms with van der Waals surface area (Å²) in [5.41, 5.74) is 0.724. The lowest BCUT2D eigenvalue weighted by Crippen LogP contribution is -2.22. The third-order valence-corrected chi connectivity index (χ3v) is 3.10. The van der Waals surface area contributed by atoms with Crippen molar-refractivity contribution in [2.75, 3.05) is 0 Å². The molecule has 0 unspecified atom stereocenters. The Morgan fingerprint density at radius 1 is 1.33 bits per heavy atom. The van der Waals surface area contributed by atoms with Gasteiger partial charge < -0.3 is 0 Å². The van der Waals surface area contributed by atoms with Crippen LogP contribution in [0.5, 0.6) is 0 Å². The molecule has 0 saturated heterocycles. The first kappa shape index (κ1) is 12.7. The molecule has 0 fully saturated rings. The van der Waals surface area contributed by atoms with Crippen molar-refractivity contribution in [3.8, 4) is 0 Å². The van der Waals surface area contributed by atoms with E-state index in [0.717, 1.165) is 5.56 Å². The maximum atomic E-state index is 11.8. The molecule has 2 aromatic rings. The van der Waals surface area contributed by atoms with Crippen LogP contribution in [0.3, 0.4) is 0 Å². The van der Waals surface area contributed by atoms with Crippen LogP contribution in [0.2, 0.25) is 0 Å². The zero-order valence-electron chi connectivity index (χ0n) is 9.12. The van der Waals surface area contributed by atoms with E-state index in [9.17, 15) is 14.9 Å². The van der Waals surface area contributed by atoms with Crippen molar-refractivity contribution in [2.45, 2.75) is 6.54 Å². The van der Waals surface area contributed by atoms with Crippen LogP contribution in [0, 0.1) is 13.7 Å². The van der Waals surface area contributed by atoms with Crippen molar-refractivity contribution in [3.05, 3.63) is 66.4 Å². The number of nitro benzene ring substituents is 1. The Morgan fingerprint density at radius 2 is 2.00 bits per heavy atom. The number of rotatable bonds is 3. The van der Waals surface area contributed by atoms with E-state index >= 15 is 0 Å². The third kappa shape index (κ3) is 2.73. The van der Waals surface area contributed by atoms with E-state index < -0.39 is 4.92 Å². The zero-order chi connectivity index (χ0) is 13.1. The standard InChI is InChI=1S/C11H8IN3O3/c12-10-5-13-7-14(11(10)16)6-8-1-3-9(4-2-8)15(17)18/h1-5,7H,6H2. The fourth-order valence-corrected chi connectivity index (χ4v) is 1.93. The Balaban J connectivity index is 2.26. The van der Waals surface area contributed by atoms with Gasteiger partial charge in [0.25, 0.3) is 11.2 Å². The van der Waals surface area contributed by atoms with Gasteiger partial charge in [-0.2, -0.15) is 0 Å². The van der Waals surface area contributed by atoms with E-state index in [4.69, 9.17) is 0 Å². The Kier molecular flexibility index (Phi) is 3.70. The normalized spacial score (nSPS) is 10.3. The van der Waals surface area contributed by atoms with Crippen LogP contribution in [-0.4, -0.2) is 14.5 Å². The summed E-state index contributed by atoms with van der Waals surface area (Å²) in [5.74, 6) is 0. The molecule has 18 heavy (non-hydrogen) atoms. The van der Waals surface area contributed by atoms with E-state index in [1.165, 1.54) is 29.2 Å². The molecule has 1 aromatic heterocycles. The van der Waals surface area contributed by atoms with Crippen molar-refractivity contribution in [2.24, 2.45) is 0 Å². The number of hydrogen-bond acceptors (Lipinski definition) is 4. The molecule has 2 rings (SSSR count). The van der Waals surface area contributed by atoms with Gasteiger partial charge in [-0.3, -0.25) is 19.5 Å². The highest BCUT2D eigenvalue weighted by atomic mass is 127. The predicted molar refractivity (Wildman–Crippen MR) is 73.4 cm³/mol. The summed E-state index contributed by atoms with van der Waals surface area (Å²) in [6.07, 6.45) is 2.95. The van der Waals surface area contributed by atoms with Gasteiger partial charge in [0.2, 0.25) is 0 Å². The van der Waals surface area contributed by atoms with Crippen molar-refractivity contribution in [1.29, 1.82) is 0 Å². The van der Waals surface area contributed by atoms with Crippen LogP contribution in [0.15, 0.2) is 41.6 Å². The van der Waals surface area contributed by atoms with Gasteiger partial charge in [0.05, 0.1) is 21.4 Å². The Labute approximate surface area is 116 Å². The first-order chi connectivity index (χ1) is 8.58. The van der Waals surface area contributed by atoms with E-state index in [0.29, 0.717) is 10.1 Å². The van der Waals surface area contributed by atoms with Gasteiger partial charge in [0.15, 0.2) is 0 Å². The zero-order valence-corrected chi connectivity index (χ0v) is 11.3. The molecule has 0 bridgehead atoms. The van der Waals surface area contributed by atoms with Crippen LogP contribution < -0.4 is 5.56 Å². The fourth-order valence-electron chi connectivity index (χ4n) is 1.46. The third-order valence-electron chi connectivity index (χ3n) is 2.36. The summed E-state index contributed by atoms with van der Waals surface area (Å²) in [5, 5.41) is 10.5. The first-order valence-corrected chi connectivity index (χ1v) is 6.09. The largest absolute Gasteiger partial charge is 0.294 e. The van der Waals surface area contributed by atoms with Crippen molar-refractivity contribution in [3.63, 3.8) is 0 Å². The molecule has 1 heterocycles. The molecular weight excluding hydrogens is 349 g/mol. The Bertz CT molecular complexity index is 637. The van der Waals surface area contributed by atoms with Gasteiger partial charge in [-0.1, -0.05) is 12.1 Å². The number of nitrogens with zero attached hydrogens (tertiary/aromatic N) is 3. The second-order valence-corrected chi connectivity index (χ2v) is 4.76. The molecule has 92 valence electrons. The summed E-state index contributed by atoms with van der Waals surface area (Å²) < 4.78 is 2.00. The van der Waals surface area contributed by atoms with Gasteiger partial charge in [0.1, 0.15) is 0 Å². The molecule has 0 aliphatic heterocycles. The minimum absolute atomic E-state index is 0.0341. The molecule has 0 atom stereocenters. The number of hydrogen-bond donors (Lipinski definition) is 0. The highest BCUT2D eigenvalue weighted by Gasteiger charge is 2.05. The molecule has 0 N–H and O–H groups in total. The molecule has 0 aliphatic rings. The molecule has 7 heteroatoms. The molecule has 1 aromatic carbocycles. The predicted octanol–water partition coefficient (Wildman–Crippen LogP) is 1.80. The molecule has 0 aliphatic carbocycles. The molecule has 0 amide bonds. The Morgan fingerprint density at radius 3 is 2.61 bits per heavy atom. The van der Waals surface area contributed by atoms with Gasteiger partial charge in [-0.15, -0.1) is 0 Å². The molecule has 0 radical (unpaired) electrons. The van der Waals surface area contributed by atoms with E-state index in [2.05, 4.69) is 4.98 Å². The van der Waals surface area contributed by atoms with Crippen LogP contribution >= 0.6 is 22.6 Å². The fraction of sp³-hybridized carbons (Fsp3) is 0.0909. The lowest BCUT2D eigenvalue weighted by molar-refractivity contribution is -0.384. The summed E-state index contributed by atoms with van der Waals surface area (Å²) in [6, 6.07) is 6.10. The average Bonchev–Trinajstić information content (AvgIpc) is 2.36. The molecular formula is C11H8IN3O3. The summed E-state index contributed by atoms with van der Waals surface area (Å²) in [4.78, 5) is 25.7. The summed E-state index contributed by atoms with van der Waals surface area (Å²) >= 11 is 1.92. The van der Waals surface area contributed by atoms with Crippen molar-refractivity contribution >= 4 is 28.3 Å². The van der Waals surface area contributed by atoms with Gasteiger partial charge >= 0.3 is 0 Å². The Hall–Kier alpha value is -1.77. The van der Waals surface area contributed by atoms with E-state index in [-0.39, 0.29) is 11.2 Å². The number of non-ortho nitro benzene ring substituents is 1. The molecule has 0 spiro atoms. The highest BCUT2D eigenvalue weighted by Crippen LogP contribution is 2.12. The monoisotopic (exact) mass is 357 g/mol. The second-order valence-electron chi connectivity index (χ2n) is 3.60. The van der Waals surface area contributed by atoms with Gasteiger partial charge in [-0.25, -0.2) is 4.98 Å². The number of nitro groups is 1. The van der Waals surface area contributed by atoms with Gasteiger partial charge in [0, 0.05) is 18.3 Å². The summed E-state index contributed by atoms with van der Waals surface area (Å²) in [7, 11) is 0. The minimum Gasteiger partial charge on any atom is -0.294 e. The van der Waals surface area contributed by atoms with Crippen LogP contribution in [-0.2, 0) is 6.54 Å². The maximum Gasteiger partial charge on any atom is 0.269 e. The minimum atomic E-state index is -0.455. The number of halogens is 1. The van der Waals surface area contributed by atoms with Gasteiger partial charge in [-0.05, 0) is 28.2 Å². The van der Waals surface area contributed by atoms with E-state index in [1.54, 1.807) is 12.1 Å². The number of aromatic nitrogens is 2. The lowest BCUT2D eigenvalue weighted by atomic mass is 10.2. The second kappa shape index (κ2) is 5.25. The van der Waals surface area contributed by atoms with Crippen molar-refractivity contribution < 1.29 is 4.92 Å². The molecule has 6 nitrogen and oxygen atoms in total. The van der Waals surface area contributed by atoms with E-state index in [1.807, 2.05) is 22.6 Å². The molecule has 0 saturated carbocycles. The van der Waals surface area contributed by atoms with Crippen LogP contribution in [0.25, 0.3) is 0 Å². The highest BCUT2D eigenvalue weighted by molar-refractivity contribution is 14.1. The number of benzene rings is 1. The maximum absolute atomic E-state index is 11.8. The van der Waals surface area contributed by atoms with Crippen LogP contribution in [0.4, 0.5) is 5.69 Å².